The van der Waals surface area contributed by atoms with Crippen molar-refractivity contribution in [2.45, 2.75) is 45.4 Å². The monoisotopic (exact) mass is 210 g/mol. The Balaban J connectivity index is 1.87. The van der Waals surface area contributed by atoms with Crippen LogP contribution in [-0.2, 0) is 4.79 Å². The minimum absolute atomic E-state index is 0.204. The van der Waals surface area contributed by atoms with Crippen LogP contribution in [0.5, 0.6) is 0 Å². The lowest BCUT2D eigenvalue weighted by atomic mass is 9.85. The third-order valence-electron chi connectivity index (χ3n) is 4.21. The first-order valence-electron chi connectivity index (χ1n) is 6.09. The highest BCUT2D eigenvalue weighted by molar-refractivity contribution is 5.83. The van der Waals surface area contributed by atoms with Crippen molar-refractivity contribution in [3.63, 3.8) is 0 Å². The van der Waals surface area contributed by atoms with Crippen LogP contribution >= 0.6 is 0 Å². The number of hydrogen-bond donors (Lipinski definition) is 2. The second-order valence-electron chi connectivity index (χ2n) is 5.68. The maximum Gasteiger partial charge on any atom is 0.227 e. The minimum Gasteiger partial charge on any atom is -0.355 e. The van der Waals surface area contributed by atoms with Crippen molar-refractivity contribution in [3.05, 3.63) is 0 Å². The molecule has 86 valence electrons. The summed E-state index contributed by atoms with van der Waals surface area (Å²) in [7, 11) is 0. The standard InChI is InChI=1S/C12H22N2O/c1-11(6-7-11)9-14-10(15)12(8-13)4-2-3-5-12/h2-9,13H2,1H3,(H,14,15). The normalized spacial score (nSPS) is 26.3. The molecule has 0 heterocycles. The van der Waals surface area contributed by atoms with Crippen LogP contribution in [0.2, 0.25) is 0 Å². The van der Waals surface area contributed by atoms with Crippen molar-refractivity contribution in [1.82, 2.24) is 5.32 Å². The molecule has 2 aliphatic carbocycles. The predicted molar refractivity (Wildman–Crippen MR) is 60.3 cm³/mol. The summed E-state index contributed by atoms with van der Waals surface area (Å²) in [4.78, 5) is 12.1. The summed E-state index contributed by atoms with van der Waals surface area (Å²) in [5.74, 6) is 0.204. The van der Waals surface area contributed by atoms with Crippen LogP contribution in [0, 0.1) is 10.8 Å². The molecule has 2 saturated carbocycles. The molecule has 0 bridgehead atoms. The zero-order chi connectivity index (χ0) is 10.9. The molecule has 3 nitrogen and oxygen atoms in total. The Morgan fingerprint density at radius 2 is 1.87 bits per heavy atom. The maximum absolute atomic E-state index is 12.1. The molecular weight excluding hydrogens is 188 g/mol. The fourth-order valence-corrected chi connectivity index (χ4v) is 2.45. The first kappa shape index (κ1) is 10.9. The molecule has 2 fully saturated rings. The van der Waals surface area contributed by atoms with Crippen LogP contribution in [0.3, 0.4) is 0 Å². The lowest BCUT2D eigenvalue weighted by Crippen LogP contribution is -2.45. The van der Waals surface area contributed by atoms with Gasteiger partial charge in [0, 0.05) is 13.1 Å². The summed E-state index contributed by atoms with van der Waals surface area (Å²) >= 11 is 0. The number of nitrogens with two attached hydrogens (primary N) is 1. The lowest BCUT2D eigenvalue weighted by molar-refractivity contribution is -0.130. The van der Waals surface area contributed by atoms with E-state index in [9.17, 15) is 4.79 Å². The molecule has 0 radical (unpaired) electrons. The molecule has 0 aromatic rings. The van der Waals surface area contributed by atoms with E-state index in [2.05, 4.69) is 12.2 Å². The molecule has 1 amide bonds. The zero-order valence-electron chi connectivity index (χ0n) is 9.64. The van der Waals surface area contributed by atoms with E-state index in [1.54, 1.807) is 0 Å². The number of rotatable bonds is 4. The van der Waals surface area contributed by atoms with Gasteiger partial charge in [0.15, 0.2) is 0 Å². The van der Waals surface area contributed by atoms with Crippen molar-refractivity contribution in [1.29, 1.82) is 0 Å². The molecule has 0 aromatic heterocycles. The van der Waals surface area contributed by atoms with Crippen molar-refractivity contribution in [2.75, 3.05) is 13.1 Å². The second kappa shape index (κ2) is 3.78. The van der Waals surface area contributed by atoms with Gasteiger partial charge in [0.05, 0.1) is 5.41 Å². The lowest BCUT2D eigenvalue weighted by Gasteiger charge is -2.26. The Kier molecular flexibility index (Phi) is 2.75. The highest BCUT2D eigenvalue weighted by Crippen LogP contribution is 2.44. The summed E-state index contributed by atoms with van der Waals surface area (Å²) in [6, 6.07) is 0. The van der Waals surface area contributed by atoms with Gasteiger partial charge in [-0.25, -0.2) is 0 Å². The Labute approximate surface area is 91.8 Å². The van der Waals surface area contributed by atoms with Gasteiger partial charge in [-0.2, -0.15) is 0 Å². The zero-order valence-corrected chi connectivity index (χ0v) is 9.64. The van der Waals surface area contributed by atoms with E-state index >= 15 is 0 Å². The number of hydrogen-bond acceptors (Lipinski definition) is 2. The molecule has 0 saturated heterocycles. The highest BCUT2D eigenvalue weighted by Gasteiger charge is 2.42. The molecule has 15 heavy (non-hydrogen) atoms. The van der Waals surface area contributed by atoms with Crippen LogP contribution in [0.15, 0.2) is 0 Å². The first-order chi connectivity index (χ1) is 7.10. The van der Waals surface area contributed by atoms with E-state index in [-0.39, 0.29) is 11.3 Å². The van der Waals surface area contributed by atoms with Crippen molar-refractivity contribution < 1.29 is 4.79 Å². The van der Waals surface area contributed by atoms with Gasteiger partial charge in [-0.1, -0.05) is 19.8 Å². The van der Waals surface area contributed by atoms with Gasteiger partial charge in [0.1, 0.15) is 0 Å². The SMILES string of the molecule is CC1(CNC(=O)C2(CN)CCCC2)CC1. The Bertz CT molecular complexity index is 252. The van der Waals surface area contributed by atoms with E-state index in [1.165, 1.54) is 12.8 Å². The molecule has 2 rings (SSSR count). The number of amides is 1. The minimum atomic E-state index is -0.231. The number of nitrogens with one attached hydrogen (secondary N) is 1. The third-order valence-corrected chi connectivity index (χ3v) is 4.21. The molecule has 0 aromatic carbocycles. The topological polar surface area (TPSA) is 55.1 Å². The fourth-order valence-electron chi connectivity index (χ4n) is 2.45. The maximum atomic E-state index is 12.1. The van der Waals surface area contributed by atoms with Gasteiger partial charge >= 0.3 is 0 Å². The van der Waals surface area contributed by atoms with Crippen molar-refractivity contribution in [2.24, 2.45) is 16.6 Å². The summed E-state index contributed by atoms with van der Waals surface area (Å²) < 4.78 is 0. The van der Waals surface area contributed by atoms with Gasteiger partial charge in [0.2, 0.25) is 5.91 Å². The van der Waals surface area contributed by atoms with Crippen molar-refractivity contribution >= 4 is 5.91 Å². The molecular formula is C12H22N2O. The van der Waals surface area contributed by atoms with Gasteiger partial charge in [-0.05, 0) is 31.1 Å². The molecule has 0 atom stereocenters. The number of carbonyl (C=O) groups is 1. The van der Waals surface area contributed by atoms with Crippen LogP contribution < -0.4 is 11.1 Å². The second-order valence-corrected chi connectivity index (χ2v) is 5.68. The van der Waals surface area contributed by atoms with E-state index < -0.39 is 0 Å². The summed E-state index contributed by atoms with van der Waals surface area (Å²) in [6.45, 7) is 3.58. The fraction of sp³-hybridized carbons (Fsp3) is 0.917. The molecule has 0 aliphatic heterocycles. The van der Waals surface area contributed by atoms with E-state index in [1.807, 2.05) is 0 Å². The summed E-state index contributed by atoms with van der Waals surface area (Å²) in [5, 5.41) is 3.10. The highest BCUT2D eigenvalue weighted by atomic mass is 16.2. The Morgan fingerprint density at radius 1 is 1.27 bits per heavy atom. The molecule has 3 heteroatoms. The van der Waals surface area contributed by atoms with Crippen molar-refractivity contribution in [3.8, 4) is 0 Å². The van der Waals surface area contributed by atoms with Crippen LogP contribution in [-0.4, -0.2) is 19.0 Å². The smallest absolute Gasteiger partial charge is 0.227 e. The molecule has 2 aliphatic rings. The van der Waals surface area contributed by atoms with Crippen LogP contribution in [0.1, 0.15) is 45.4 Å². The van der Waals surface area contributed by atoms with Crippen LogP contribution in [0.4, 0.5) is 0 Å². The summed E-state index contributed by atoms with van der Waals surface area (Å²) in [5.41, 5.74) is 5.93. The predicted octanol–water partition coefficient (Wildman–Crippen LogP) is 1.42. The average molecular weight is 210 g/mol. The van der Waals surface area contributed by atoms with Gasteiger partial charge in [0.25, 0.3) is 0 Å². The van der Waals surface area contributed by atoms with Gasteiger partial charge < -0.3 is 11.1 Å². The molecule has 3 N–H and O–H groups in total. The largest absolute Gasteiger partial charge is 0.355 e. The quantitative estimate of drug-likeness (QED) is 0.737. The number of carbonyl (C=O) groups excluding carboxylic acids is 1. The van der Waals surface area contributed by atoms with E-state index in [0.717, 1.165) is 32.2 Å². The Morgan fingerprint density at radius 3 is 2.33 bits per heavy atom. The van der Waals surface area contributed by atoms with Gasteiger partial charge in [-0.15, -0.1) is 0 Å². The Hall–Kier alpha value is -0.570. The van der Waals surface area contributed by atoms with Gasteiger partial charge in [-0.3, -0.25) is 4.79 Å². The average Bonchev–Trinajstić information content (AvgIpc) is 2.81. The molecule has 0 spiro atoms. The third kappa shape index (κ3) is 2.17. The first-order valence-corrected chi connectivity index (χ1v) is 6.09. The molecule has 0 unspecified atom stereocenters. The van der Waals surface area contributed by atoms with E-state index in [4.69, 9.17) is 5.73 Å². The van der Waals surface area contributed by atoms with Crippen LogP contribution in [0.25, 0.3) is 0 Å². The van der Waals surface area contributed by atoms with E-state index in [0.29, 0.717) is 12.0 Å². The summed E-state index contributed by atoms with van der Waals surface area (Å²) in [6.07, 6.45) is 6.77.